The minimum Gasteiger partial charge on any atom is -0.322 e. The highest BCUT2D eigenvalue weighted by Gasteiger charge is 2.26. The molecule has 0 unspecified atom stereocenters. The summed E-state index contributed by atoms with van der Waals surface area (Å²) in [5.41, 5.74) is 0.774. The summed E-state index contributed by atoms with van der Waals surface area (Å²) in [7, 11) is -3.46. The van der Waals surface area contributed by atoms with Crippen molar-refractivity contribution in [2.75, 3.05) is 18.4 Å². The first-order chi connectivity index (χ1) is 11.9. The summed E-state index contributed by atoms with van der Waals surface area (Å²) in [5.74, 6) is -0.392. The Morgan fingerprint density at radius 3 is 2.24 bits per heavy atom. The summed E-state index contributed by atoms with van der Waals surface area (Å²) in [6.45, 7) is 1.10. The molecule has 0 aliphatic carbocycles. The summed E-state index contributed by atoms with van der Waals surface area (Å²) in [5, 5.41) is 3.38. The lowest BCUT2D eigenvalue weighted by Crippen LogP contribution is -2.27. The van der Waals surface area contributed by atoms with E-state index in [1.165, 1.54) is 28.6 Å². The predicted octanol–water partition coefficient (Wildman–Crippen LogP) is 4.03. The Labute approximate surface area is 156 Å². The van der Waals surface area contributed by atoms with Crippen LogP contribution in [0.1, 0.15) is 23.2 Å². The number of halogens is 2. The quantitative estimate of drug-likeness (QED) is 0.844. The van der Waals surface area contributed by atoms with Crippen LogP contribution in [-0.2, 0) is 10.0 Å². The maximum absolute atomic E-state index is 12.5. The maximum Gasteiger partial charge on any atom is 0.257 e. The van der Waals surface area contributed by atoms with Crippen molar-refractivity contribution >= 4 is 44.8 Å². The molecule has 1 heterocycles. The Hall–Kier alpha value is -1.60. The number of rotatable bonds is 4. The summed E-state index contributed by atoms with van der Waals surface area (Å²) in [6, 6.07) is 10.7. The number of carbonyl (C=O) groups excluding carboxylic acids is 1. The van der Waals surface area contributed by atoms with Crippen LogP contribution in [0.15, 0.2) is 47.4 Å². The van der Waals surface area contributed by atoms with Gasteiger partial charge in [-0.2, -0.15) is 4.31 Å². The molecule has 132 valence electrons. The zero-order valence-electron chi connectivity index (χ0n) is 13.2. The van der Waals surface area contributed by atoms with Gasteiger partial charge in [-0.1, -0.05) is 23.2 Å². The Morgan fingerprint density at radius 1 is 1.00 bits per heavy atom. The lowest BCUT2D eigenvalue weighted by Gasteiger charge is -2.15. The van der Waals surface area contributed by atoms with Crippen molar-refractivity contribution in [1.29, 1.82) is 0 Å². The van der Waals surface area contributed by atoms with Crippen LogP contribution >= 0.6 is 23.2 Å². The van der Waals surface area contributed by atoms with E-state index in [4.69, 9.17) is 23.2 Å². The Morgan fingerprint density at radius 2 is 1.64 bits per heavy atom. The van der Waals surface area contributed by atoms with E-state index in [2.05, 4.69) is 5.32 Å². The van der Waals surface area contributed by atoms with Gasteiger partial charge in [0.15, 0.2) is 0 Å². The molecule has 1 fully saturated rings. The molecule has 0 spiro atoms. The fraction of sp³-hybridized carbons (Fsp3) is 0.235. The van der Waals surface area contributed by atoms with Crippen LogP contribution in [0.4, 0.5) is 5.69 Å². The molecule has 0 aromatic heterocycles. The van der Waals surface area contributed by atoms with Gasteiger partial charge >= 0.3 is 0 Å². The molecular formula is C17H16Cl2N2O3S. The second kappa shape index (κ2) is 7.33. The monoisotopic (exact) mass is 398 g/mol. The van der Waals surface area contributed by atoms with E-state index in [0.717, 1.165) is 12.8 Å². The van der Waals surface area contributed by atoms with E-state index in [1.54, 1.807) is 18.2 Å². The second-order valence-electron chi connectivity index (χ2n) is 5.71. The van der Waals surface area contributed by atoms with Crippen molar-refractivity contribution in [2.45, 2.75) is 17.7 Å². The number of benzene rings is 2. The number of nitrogens with zero attached hydrogens (tertiary/aromatic N) is 1. The first-order valence-electron chi connectivity index (χ1n) is 7.74. The number of hydrogen-bond acceptors (Lipinski definition) is 3. The number of amides is 1. The summed E-state index contributed by atoms with van der Waals surface area (Å²) < 4.78 is 26.4. The number of anilines is 1. The van der Waals surface area contributed by atoms with Crippen LogP contribution in [0.2, 0.25) is 10.0 Å². The highest BCUT2D eigenvalue weighted by atomic mass is 35.5. The Kier molecular flexibility index (Phi) is 5.34. The van der Waals surface area contributed by atoms with E-state index < -0.39 is 15.9 Å². The average Bonchev–Trinajstić information content (AvgIpc) is 3.10. The van der Waals surface area contributed by atoms with Gasteiger partial charge in [0, 0.05) is 23.8 Å². The number of hydrogen-bond donors (Lipinski definition) is 1. The smallest absolute Gasteiger partial charge is 0.257 e. The van der Waals surface area contributed by atoms with E-state index in [9.17, 15) is 13.2 Å². The van der Waals surface area contributed by atoms with Crippen LogP contribution in [0.5, 0.6) is 0 Å². The molecule has 1 saturated heterocycles. The van der Waals surface area contributed by atoms with Crippen molar-refractivity contribution < 1.29 is 13.2 Å². The second-order valence-corrected chi connectivity index (χ2v) is 8.50. The molecule has 1 N–H and O–H groups in total. The molecule has 1 aliphatic rings. The number of nitrogens with one attached hydrogen (secondary N) is 1. The predicted molar refractivity (Wildman–Crippen MR) is 98.9 cm³/mol. The fourth-order valence-corrected chi connectivity index (χ4v) is 4.67. The first kappa shape index (κ1) is 18.2. The van der Waals surface area contributed by atoms with Crippen LogP contribution in [0, 0.1) is 0 Å². The molecule has 25 heavy (non-hydrogen) atoms. The van der Waals surface area contributed by atoms with E-state index in [-0.39, 0.29) is 9.92 Å². The normalized spacial score (nSPS) is 15.3. The van der Waals surface area contributed by atoms with Crippen LogP contribution in [0.25, 0.3) is 0 Å². The first-order valence-corrected chi connectivity index (χ1v) is 9.94. The van der Waals surface area contributed by atoms with Crippen LogP contribution < -0.4 is 5.32 Å². The average molecular weight is 399 g/mol. The van der Waals surface area contributed by atoms with Gasteiger partial charge in [-0.15, -0.1) is 0 Å². The number of sulfonamides is 1. The van der Waals surface area contributed by atoms with Gasteiger partial charge in [-0.25, -0.2) is 8.42 Å². The lowest BCUT2D eigenvalue weighted by molar-refractivity contribution is 0.102. The van der Waals surface area contributed by atoms with Crippen molar-refractivity contribution in [2.24, 2.45) is 0 Å². The van der Waals surface area contributed by atoms with Gasteiger partial charge in [-0.05, 0) is 55.3 Å². The van der Waals surface area contributed by atoms with Crippen molar-refractivity contribution in [3.63, 3.8) is 0 Å². The molecule has 0 atom stereocenters. The van der Waals surface area contributed by atoms with Gasteiger partial charge in [0.2, 0.25) is 10.0 Å². The topological polar surface area (TPSA) is 66.5 Å². The van der Waals surface area contributed by atoms with Crippen molar-refractivity contribution in [3.05, 3.63) is 58.1 Å². The maximum atomic E-state index is 12.5. The third-order valence-electron chi connectivity index (χ3n) is 3.99. The van der Waals surface area contributed by atoms with Gasteiger partial charge in [0.25, 0.3) is 5.91 Å². The highest BCUT2D eigenvalue weighted by molar-refractivity contribution is 7.89. The molecule has 1 aliphatic heterocycles. The third-order valence-corrected chi connectivity index (χ3v) is 6.45. The van der Waals surface area contributed by atoms with Gasteiger partial charge < -0.3 is 5.32 Å². The largest absolute Gasteiger partial charge is 0.322 e. The minimum absolute atomic E-state index is 0.219. The molecule has 5 nitrogen and oxygen atoms in total. The Balaban J connectivity index is 1.75. The molecular weight excluding hydrogens is 383 g/mol. The Bertz CT molecular complexity index is 893. The minimum atomic E-state index is -3.46. The molecule has 2 aromatic rings. The van der Waals surface area contributed by atoms with Crippen molar-refractivity contribution in [1.82, 2.24) is 4.31 Å². The van der Waals surface area contributed by atoms with Crippen molar-refractivity contribution in [3.8, 4) is 0 Å². The fourth-order valence-electron chi connectivity index (χ4n) is 2.66. The molecule has 0 saturated carbocycles. The van der Waals surface area contributed by atoms with Gasteiger partial charge in [0.05, 0.1) is 15.5 Å². The molecule has 0 bridgehead atoms. The summed E-state index contributed by atoms with van der Waals surface area (Å²) in [4.78, 5) is 12.5. The van der Waals surface area contributed by atoms with Gasteiger partial charge in [-0.3, -0.25) is 4.79 Å². The lowest BCUT2D eigenvalue weighted by atomic mass is 10.2. The summed E-state index contributed by atoms with van der Waals surface area (Å²) in [6.07, 6.45) is 1.77. The van der Waals surface area contributed by atoms with E-state index in [0.29, 0.717) is 29.4 Å². The van der Waals surface area contributed by atoms with E-state index >= 15 is 0 Å². The number of carbonyl (C=O) groups is 1. The molecule has 0 radical (unpaired) electrons. The highest BCUT2D eigenvalue weighted by Crippen LogP contribution is 2.24. The molecule has 3 rings (SSSR count). The summed E-state index contributed by atoms with van der Waals surface area (Å²) >= 11 is 11.8. The molecule has 1 amide bonds. The SMILES string of the molecule is O=C(Nc1ccc(S(=O)(=O)N2CCCC2)cc1)c1ccc(Cl)cc1Cl. The van der Waals surface area contributed by atoms with Gasteiger partial charge in [0.1, 0.15) is 0 Å². The van der Waals surface area contributed by atoms with Crippen LogP contribution in [-0.4, -0.2) is 31.7 Å². The molecule has 2 aromatic carbocycles. The van der Waals surface area contributed by atoms with E-state index in [1.807, 2.05) is 0 Å². The molecule has 8 heteroatoms. The zero-order valence-corrected chi connectivity index (χ0v) is 15.5. The van der Waals surface area contributed by atoms with Crippen LogP contribution in [0.3, 0.4) is 0 Å². The standard InChI is InChI=1S/C17H16Cl2N2O3S/c18-12-3-8-15(16(19)11-12)17(22)20-13-4-6-14(7-5-13)25(23,24)21-9-1-2-10-21/h3-8,11H,1-2,9-10H2,(H,20,22). The third kappa shape index (κ3) is 3.98. The zero-order chi connectivity index (χ0) is 18.0.